The fourth-order valence-corrected chi connectivity index (χ4v) is 3.19. The molecule has 3 rings (SSSR count). The van der Waals surface area contributed by atoms with E-state index in [4.69, 9.17) is 27.9 Å². The van der Waals surface area contributed by atoms with Crippen molar-refractivity contribution in [1.82, 2.24) is 9.80 Å². The van der Waals surface area contributed by atoms with E-state index in [-0.39, 0.29) is 12.5 Å². The van der Waals surface area contributed by atoms with Crippen molar-refractivity contribution in [2.75, 3.05) is 45.2 Å². The minimum absolute atomic E-state index is 0.0763. The van der Waals surface area contributed by atoms with Crippen LogP contribution in [0, 0.1) is 0 Å². The van der Waals surface area contributed by atoms with Gasteiger partial charge in [-0.3, -0.25) is 9.59 Å². The van der Waals surface area contributed by atoms with E-state index in [0.717, 1.165) is 13.1 Å². The molecule has 1 aliphatic rings. The highest BCUT2D eigenvalue weighted by Gasteiger charge is 2.21. The lowest BCUT2D eigenvalue weighted by Gasteiger charge is -2.32. The third-order valence-electron chi connectivity index (χ3n) is 4.47. The molecule has 1 fully saturated rings. The molecular formula is C20H21Cl2N3O3. The minimum Gasteiger partial charge on any atom is -0.482 e. The van der Waals surface area contributed by atoms with Gasteiger partial charge in [0.15, 0.2) is 6.61 Å². The Labute approximate surface area is 174 Å². The minimum atomic E-state index is -0.397. The molecule has 148 valence electrons. The van der Waals surface area contributed by atoms with E-state index in [2.05, 4.69) is 10.2 Å². The molecule has 1 saturated heterocycles. The lowest BCUT2D eigenvalue weighted by molar-refractivity contribution is -0.118. The number of hydrogen-bond acceptors (Lipinski definition) is 4. The van der Waals surface area contributed by atoms with Crippen LogP contribution in [-0.2, 0) is 4.79 Å². The standard InChI is InChI=1S/C20H21Cl2N3O3/c1-24-8-10-25(11-9-24)20(27)14-6-7-15(21)17(12-14)23-19(26)13-28-18-5-3-2-4-16(18)22/h2-7,12H,8-11,13H2,1H3,(H,23,26). The van der Waals surface area contributed by atoms with Crippen molar-refractivity contribution in [3.8, 4) is 5.75 Å². The Morgan fingerprint density at radius 3 is 2.46 bits per heavy atom. The smallest absolute Gasteiger partial charge is 0.262 e. The Bertz CT molecular complexity index is 868. The monoisotopic (exact) mass is 421 g/mol. The second-order valence-corrected chi connectivity index (χ2v) is 7.37. The maximum Gasteiger partial charge on any atom is 0.262 e. The van der Waals surface area contributed by atoms with Crippen LogP contribution < -0.4 is 10.1 Å². The van der Waals surface area contributed by atoms with Crippen LogP contribution in [0.15, 0.2) is 42.5 Å². The van der Waals surface area contributed by atoms with Crippen LogP contribution in [0.3, 0.4) is 0 Å². The lowest BCUT2D eigenvalue weighted by atomic mass is 10.1. The predicted octanol–water partition coefficient (Wildman–Crippen LogP) is 3.40. The highest BCUT2D eigenvalue weighted by Crippen LogP contribution is 2.25. The summed E-state index contributed by atoms with van der Waals surface area (Å²) in [5.74, 6) is -0.0528. The molecule has 6 nitrogen and oxygen atoms in total. The van der Waals surface area contributed by atoms with Crippen LogP contribution in [0.5, 0.6) is 5.75 Å². The van der Waals surface area contributed by atoms with Gasteiger partial charge in [0.25, 0.3) is 11.8 Å². The van der Waals surface area contributed by atoms with Gasteiger partial charge in [0.05, 0.1) is 15.7 Å². The van der Waals surface area contributed by atoms with E-state index in [0.29, 0.717) is 40.1 Å². The number of ether oxygens (including phenoxy) is 1. The predicted molar refractivity (Wildman–Crippen MR) is 110 cm³/mol. The maximum absolute atomic E-state index is 12.7. The highest BCUT2D eigenvalue weighted by atomic mass is 35.5. The summed E-state index contributed by atoms with van der Waals surface area (Å²) in [6.45, 7) is 2.79. The molecule has 0 saturated carbocycles. The van der Waals surface area contributed by atoms with Crippen LogP contribution >= 0.6 is 23.2 Å². The number of rotatable bonds is 5. The van der Waals surface area contributed by atoms with Crippen LogP contribution in [0.2, 0.25) is 10.0 Å². The van der Waals surface area contributed by atoms with Crippen molar-refractivity contribution in [3.05, 3.63) is 58.1 Å². The number of para-hydroxylation sites is 1. The fourth-order valence-electron chi connectivity index (χ4n) is 2.84. The van der Waals surface area contributed by atoms with E-state index >= 15 is 0 Å². The van der Waals surface area contributed by atoms with E-state index in [1.165, 1.54) is 0 Å². The largest absolute Gasteiger partial charge is 0.482 e. The number of carbonyl (C=O) groups excluding carboxylic acids is 2. The first-order valence-electron chi connectivity index (χ1n) is 8.88. The van der Waals surface area contributed by atoms with Gasteiger partial charge in [0.1, 0.15) is 5.75 Å². The summed E-state index contributed by atoms with van der Waals surface area (Å²) in [6, 6.07) is 11.8. The molecule has 0 bridgehead atoms. The summed E-state index contributed by atoms with van der Waals surface area (Å²) < 4.78 is 5.43. The van der Waals surface area contributed by atoms with Gasteiger partial charge in [-0.25, -0.2) is 0 Å². The number of nitrogens with one attached hydrogen (secondary N) is 1. The molecule has 28 heavy (non-hydrogen) atoms. The molecule has 0 spiro atoms. The summed E-state index contributed by atoms with van der Waals surface area (Å²) in [6.07, 6.45) is 0. The number of benzene rings is 2. The topological polar surface area (TPSA) is 61.9 Å². The van der Waals surface area contributed by atoms with E-state index in [9.17, 15) is 9.59 Å². The zero-order valence-corrected chi connectivity index (χ0v) is 17.0. The Morgan fingerprint density at radius 1 is 1.04 bits per heavy atom. The molecule has 1 N–H and O–H groups in total. The van der Waals surface area contributed by atoms with Crippen molar-refractivity contribution in [2.45, 2.75) is 0 Å². The second-order valence-electron chi connectivity index (χ2n) is 6.56. The molecule has 0 radical (unpaired) electrons. The Balaban J connectivity index is 1.63. The van der Waals surface area contributed by atoms with Gasteiger partial charge in [0.2, 0.25) is 0 Å². The van der Waals surface area contributed by atoms with Crippen LogP contribution in [0.25, 0.3) is 0 Å². The van der Waals surface area contributed by atoms with E-state index < -0.39 is 5.91 Å². The van der Waals surface area contributed by atoms with Crippen molar-refractivity contribution in [1.29, 1.82) is 0 Å². The van der Waals surface area contributed by atoms with Crippen molar-refractivity contribution < 1.29 is 14.3 Å². The van der Waals surface area contributed by atoms with Gasteiger partial charge in [-0.15, -0.1) is 0 Å². The summed E-state index contributed by atoms with van der Waals surface area (Å²) >= 11 is 12.2. The van der Waals surface area contributed by atoms with Crippen LogP contribution in [0.1, 0.15) is 10.4 Å². The first kappa shape index (κ1) is 20.5. The van der Waals surface area contributed by atoms with Gasteiger partial charge < -0.3 is 19.9 Å². The number of likely N-dealkylation sites (N-methyl/N-ethyl adjacent to an activating group) is 1. The summed E-state index contributed by atoms with van der Waals surface area (Å²) in [5, 5.41) is 3.46. The van der Waals surface area contributed by atoms with Crippen LogP contribution in [0.4, 0.5) is 5.69 Å². The third kappa shape index (κ3) is 5.16. The maximum atomic E-state index is 12.7. The zero-order valence-electron chi connectivity index (χ0n) is 15.5. The van der Waals surface area contributed by atoms with Gasteiger partial charge >= 0.3 is 0 Å². The summed E-state index contributed by atoms with van der Waals surface area (Å²) in [4.78, 5) is 28.9. The number of nitrogens with zero attached hydrogens (tertiary/aromatic N) is 2. The molecule has 0 aromatic heterocycles. The molecule has 0 atom stereocenters. The fraction of sp³-hybridized carbons (Fsp3) is 0.300. The van der Waals surface area contributed by atoms with Crippen molar-refractivity contribution in [3.63, 3.8) is 0 Å². The Hall–Kier alpha value is -2.28. The molecular weight excluding hydrogens is 401 g/mol. The molecule has 0 aliphatic carbocycles. The van der Waals surface area contributed by atoms with E-state index in [1.54, 1.807) is 47.4 Å². The first-order valence-corrected chi connectivity index (χ1v) is 9.64. The van der Waals surface area contributed by atoms with E-state index in [1.807, 2.05) is 7.05 Å². The summed E-state index contributed by atoms with van der Waals surface area (Å²) in [7, 11) is 2.03. The van der Waals surface area contributed by atoms with Gasteiger partial charge in [-0.2, -0.15) is 0 Å². The number of halogens is 2. The number of piperazine rings is 1. The van der Waals surface area contributed by atoms with Crippen LogP contribution in [-0.4, -0.2) is 61.4 Å². The van der Waals surface area contributed by atoms with Crippen molar-refractivity contribution >= 4 is 40.7 Å². The highest BCUT2D eigenvalue weighted by molar-refractivity contribution is 6.34. The molecule has 1 aliphatic heterocycles. The molecule has 2 aromatic carbocycles. The van der Waals surface area contributed by atoms with Gasteiger partial charge in [0, 0.05) is 31.7 Å². The molecule has 1 heterocycles. The molecule has 8 heteroatoms. The number of carbonyl (C=O) groups is 2. The number of hydrogen-bond donors (Lipinski definition) is 1. The first-order chi connectivity index (χ1) is 13.4. The molecule has 2 aromatic rings. The quantitative estimate of drug-likeness (QED) is 0.803. The molecule has 0 unspecified atom stereocenters. The molecule has 2 amide bonds. The Morgan fingerprint density at radius 2 is 1.75 bits per heavy atom. The zero-order chi connectivity index (χ0) is 20.1. The Kier molecular flexibility index (Phi) is 6.78. The van der Waals surface area contributed by atoms with Gasteiger partial charge in [-0.05, 0) is 37.4 Å². The third-order valence-corrected chi connectivity index (χ3v) is 5.12. The number of anilines is 1. The second kappa shape index (κ2) is 9.28. The normalized spacial score (nSPS) is 14.6. The summed E-state index contributed by atoms with van der Waals surface area (Å²) in [5.41, 5.74) is 0.852. The average Bonchev–Trinajstić information content (AvgIpc) is 2.69. The average molecular weight is 422 g/mol. The lowest BCUT2D eigenvalue weighted by Crippen LogP contribution is -2.47. The van der Waals surface area contributed by atoms with Crippen molar-refractivity contribution in [2.24, 2.45) is 0 Å². The number of amides is 2. The van der Waals surface area contributed by atoms with Gasteiger partial charge in [-0.1, -0.05) is 35.3 Å². The SMILES string of the molecule is CN1CCN(C(=O)c2ccc(Cl)c(NC(=O)COc3ccccc3Cl)c2)CC1.